The summed E-state index contributed by atoms with van der Waals surface area (Å²) in [5.74, 6) is 0.148. The van der Waals surface area contributed by atoms with Gasteiger partial charge in [0.25, 0.3) is 0 Å². The van der Waals surface area contributed by atoms with Gasteiger partial charge in [0.1, 0.15) is 0 Å². The van der Waals surface area contributed by atoms with Crippen LogP contribution in [0.25, 0.3) is 0 Å². The van der Waals surface area contributed by atoms with Crippen LogP contribution in [0.3, 0.4) is 0 Å². The maximum atomic E-state index is 12.4. The highest BCUT2D eigenvalue weighted by Gasteiger charge is 2.33. The molecule has 0 unspecified atom stereocenters. The predicted molar refractivity (Wildman–Crippen MR) is 80.9 cm³/mol. The summed E-state index contributed by atoms with van der Waals surface area (Å²) in [6, 6.07) is 3.37. The number of nitrogens with zero attached hydrogens (tertiary/aromatic N) is 1. The van der Waals surface area contributed by atoms with Crippen LogP contribution < -0.4 is 9.62 Å². The molecule has 1 amide bonds. The molecule has 2 heterocycles. The van der Waals surface area contributed by atoms with Crippen LogP contribution in [-0.4, -0.2) is 26.9 Å². The zero-order valence-corrected chi connectivity index (χ0v) is 13.2. The molecule has 0 bridgehead atoms. The van der Waals surface area contributed by atoms with Crippen molar-refractivity contribution >= 4 is 21.6 Å². The fourth-order valence-corrected chi connectivity index (χ4v) is 4.42. The van der Waals surface area contributed by atoms with E-state index in [-0.39, 0.29) is 11.9 Å². The van der Waals surface area contributed by atoms with E-state index in [9.17, 15) is 13.2 Å². The summed E-state index contributed by atoms with van der Waals surface area (Å²) in [7, 11) is -3.49. The Bertz CT molecular complexity index is 697. The maximum absolute atomic E-state index is 12.4. The van der Waals surface area contributed by atoms with Crippen molar-refractivity contribution in [3.05, 3.63) is 23.3 Å². The molecule has 0 aromatic heterocycles. The number of carbonyl (C=O) groups excluding carboxylic acids is 1. The lowest BCUT2D eigenvalue weighted by atomic mass is 10.00. The van der Waals surface area contributed by atoms with E-state index < -0.39 is 10.0 Å². The number of hydrogen-bond donors (Lipinski definition) is 1. The lowest BCUT2D eigenvalue weighted by molar-refractivity contribution is -0.118. The highest BCUT2D eigenvalue weighted by atomic mass is 32.2. The fourth-order valence-electron chi connectivity index (χ4n) is 3.00. The van der Waals surface area contributed by atoms with Crippen molar-refractivity contribution in [2.45, 2.75) is 50.5 Å². The molecule has 6 heteroatoms. The van der Waals surface area contributed by atoms with Gasteiger partial charge in [-0.25, -0.2) is 13.1 Å². The largest absolute Gasteiger partial charge is 0.312 e. The molecule has 0 saturated carbocycles. The van der Waals surface area contributed by atoms with Gasteiger partial charge >= 0.3 is 0 Å². The normalized spacial score (nSPS) is 18.8. The third kappa shape index (κ3) is 2.46. The first kappa shape index (κ1) is 14.5. The number of nitrogens with one attached hydrogen (secondary N) is 1. The third-order valence-electron chi connectivity index (χ3n) is 4.30. The number of benzene rings is 1. The number of sulfonamides is 1. The van der Waals surface area contributed by atoms with E-state index in [0.29, 0.717) is 24.3 Å². The quantitative estimate of drug-likeness (QED) is 0.918. The number of rotatable bonds is 4. The molecule has 1 N–H and O–H groups in total. The summed E-state index contributed by atoms with van der Waals surface area (Å²) >= 11 is 0. The Kier molecular flexibility index (Phi) is 3.53. The van der Waals surface area contributed by atoms with E-state index >= 15 is 0 Å². The average Bonchev–Trinajstić information content (AvgIpc) is 2.87. The molecule has 1 atom stereocenters. The van der Waals surface area contributed by atoms with Crippen molar-refractivity contribution in [1.82, 2.24) is 4.72 Å². The summed E-state index contributed by atoms with van der Waals surface area (Å²) in [6.07, 6.45) is 2.58. The molecule has 0 saturated heterocycles. The number of carbonyl (C=O) groups is 1. The number of amides is 1. The first-order valence-corrected chi connectivity index (χ1v) is 8.89. The molecule has 114 valence electrons. The SMILES string of the molecule is CC[C@@H](C)NS(=O)(=O)c1cc2c3c(c1)CCN3C(=O)CC2. The summed E-state index contributed by atoms with van der Waals surface area (Å²) in [6.45, 7) is 4.47. The second-order valence-corrected chi connectivity index (χ2v) is 7.53. The highest BCUT2D eigenvalue weighted by molar-refractivity contribution is 7.89. The fraction of sp³-hybridized carbons (Fsp3) is 0.533. The zero-order chi connectivity index (χ0) is 15.2. The van der Waals surface area contributed by atoms with Crippen LogP contribution in [0.5, 0.6) is 0 Å². The molecule has 21 heavy (non-hydrogen) atoms. The van der Waals surface area contributed by atoms with Gasteiger partial charge < -0.3 is 4.90 Å². The van der Waals surface area contributed by atoms with Gasteiger partial charge in [-0.2, -0.15) is 0 Å². The molecule has 0 aliphatic carbocycles. The van der Waals surface area contributed by atoms with Gasteiger partial charge in [0.2, 0.25) is 15.9 Å². The van der Waals surface area contributed by atoms with Crippen molar-refractivity contribution in [2.75, 3.05) is 11.4 Å². The minimum Gasteiger partial charge on any atom is -0.312 e. The molecule has 0 fully saturated rings. The second kappa shape index (κ2) is 5.10. The molecular weight excluding hydrogens is 288 g/mol. The Morgan fingerprint density at radius 1 is 1.24 bits per heavy atom. The molecule has 2 aliphatic rings. The summed E-state index contributed by atoms with van der Waals surface area (Å²) in [4.78, 5) is 14.0. The standard InChI is InChI=1S/C15H20N2O3S/c1-3-10(2)16-21(19,20)13-8-11-4-5-14(18)17-7-6-12(9-13)15(11)17/h8-10,16H,3-7H2,1-2H3/t10-/m1/s1. The first-order valence-electron chi connectivity index (χ1n) is 7.41. The van der Waals surface area contributed by atoms with Crippen LogP contribution in [0.4, 0.5) is 5.69 Å². The van der Waals surface area contributed by atoms with E-state index in [2.05, 4.69) is 4.72 Å². The lowest BCUT2D eigenvalue weighted by Gasteiger charge is -2.26. The maximum Gasteiger partial charge on any atom is 0.240 e. The van der Waals surface area contributed by atoms with Gasteiger partial charge in [-0.1, -0.05) is 6.92 Å². The minimum atomic E-state index is -3.49. The van der Waals surface area contributed by atoms with Crippen molar-refractivity contribution in [3.63, 3.8) is 0 Å². The smallest absolute Gasteiger partial charge is 0.240 e. The zero-order valence-electron chi connectivity index (χ0n) is 12.3. The Morgan fingerprint density at radius 3 is 2.57 bits per heavy atom. The Balaban J connectivity index is 2.02. The molecule has 5 nitrogen and oxygen atoms in total. The van der Waals surface area contributed by atoms with Crippen molar-refractivity contribution in [3.8, 4) is 0 Å². The van der Waals surface area contributed by atoms with E-state index in [4.69, 9.17) is 0 Å². The minimum absolute atomic E-state index is 0.0855. The number of anilines is 1. The van der Waals surface area contributed by atoms with Crippen molar-refractivity contribution < 1.29 is 13.2 Å². The molecule has 2 aliphatic heterocycles. The van der Waals surface area contributed by atoms with E-state index in [1.54, 1.807) is 17.0 Å². The predicted octanol–water partition coefficient (Wildman–Crippen LogP) is 1.60. The van der Waals surface area contributed by atoms with E-state index in [1.807, 2.05) is 13.8 Å². The van der Waals surface area contributed by atoms with Crippen LogP contribution in [0.1, 0.15) is 37.8 Å². The van der Waals surface area contributed by atoms with Gasteiger partial charge in [0.15, 0.2) is 0 Å². The van der Waals surface area contributed by atoms with Crippen molar-refractivity contribution in [1.29, 1.82) is 0 Å². The van der Waals surface area contributed by atoms with Gasteiger partial charge in [-0.3, -0.25) is 4.79 Å². The monoisotopic (exact) mass is 308 g/mol. The van der Waals surface area contributed by atoms with Crippen LogP contribution in [-0.2, 0) is 27.7 Å². The molecule has 1 aromatic rings. The molecule has 3 rings (SSSR count). The van der Waals surface area contributed by atoms with Crippen LogP contribution in [0.2, 0.25) is 0 Å². The number of aryl methyl sites for hydroxylation is 1. The van der Waals surface area contributed by atoms with Gasteiger partial charge in [-0.15, -0.1) is 0 Å². The summed E-state index contributed by atoms with van der Waals surface area (Å²) < 4.78 is 27.6. The third-order valence-corrected chi connectivity index (χ3v) is 5.87. The molecule has 0 spiro atoms. The van der Waals surface area contributed by atoms with Gasteiger partial charge in [0, 0.05) is 19.0 Å². The van der Waals surface area contributed by atoms with Gasteiger partial charge in [-0.05, 0) is 49.4 Å². The van der Waals surface area contributed by atoms with Gasteiger partial charge in [0.05, 0.1) is 10.6 Å². The van der Waals surface area contributed by atoms with Crippen molar-refractivity contribution in [2.24, 2.45) is 0 Å². The molecular formula is C15H20N2O3S. The Morgan fingerprint density at radius 2 is 1.90 bits per heavy atom. The molecule has 1 aromatic carbocycles. The number of hydrogen-bond acceptors (Lipinski definition) is 3. The van der Waals surface area contributed by atoms with E-state index in [0.717, 1.165) is 29.7 Å². The molecule has 0 radical (unpaired) electrons. The van der Waals surface area contributed by atoms with Crippen LogP contribution in [0, 0.1) is 0 Å². The average molecular weight is 308 g/mol. The summed E-state index contributed by atoms with van der Waals surface area (Å²) in [5.41, 5.74) is 2.91. The highest BCUT2D eigenvalue weighted by Crippen LogP contribution is 2.38. The van der Waals surface area contributed by atoms with Crippen LogP contribution in [0.15, 0.2) is 17.0 Å². The lowest BCUT2D eigenvalue weighted by Crippen LogP contribution is -2.34. The Hall–Kier alpha value is -1.40. The Labute approximate surface area is 125 Å². The summed E-state index contributed by atoms with van der Waals surface area (Å²) in [5, 5.41) is 0. The first-order chi connectivity index (χ1) is 9.92. The second-order valence-electron chi connectivity index (χ2n) is 5.82. The van der Waals surface area contributed by atoms with Crippen LogP contribution >= 0.6 is 0 Å². The van der Waals surface area contributed by atoms with E-state index in [1.165, 1.54) is 0 Å². The topological polar surface area (TPSA) is 66.5 Å².